The highest BCUT2D eigenvalue weighted by Crippen LogP contribution is 2.52. The normalized spacial score (nSPS) is 18.3. The van der Waals surface area contributed by atoms with Gasteiger partial charge in [-0.05, 0) is 18.6 Å². The van der Waals surface area contributed by atoms with Gasteiger partial charge in [0.1, 0.15) is 9.79 Å². The quantitative estimate of drug-likeness (QED) is 0.804. The predicted molar refractivity (Wildman–Crippen MR) is 77.8 cm³/mol. The van der Waals surface area contributed by atoms with E-state index in [0.29, 0.717) is 10.3 Å². The van der Waals surface area contributed by atoms with Gasteiger partial charge < -0.3 is 0 Å². The lowest BCUT2D eigenvalue weighted by molar-refractivity contribution is 0.480. The Bertz CT molecular complexity index is 976. The fraction of sp³-hybridized carbons (Fsp3) is 0.167. The van der Waals surface area contributed by atoms with Crippen molar-refractivity contribution in [2.75, 3.05) is 0 Å². The van der Waals surface area contributed by atoms with Crippen molar-refractivity contribution in [2.24, 2.45) is 0 Å². The van der Waals surface area contributed by atoms with Gasteiger partial charge in [-0.2, -0.15) is 16.8 Å². The van der Waals surface area contributed by atoms with Gasteiger partial charge in [0.05, 0.1) is 0 Å². The van der Waals surface area contributed by atoms with E-state index in [4.69, 9.17) is 0 Å². The summed E-state index contributed by atoms with van der Waals surface area (Å²) in [5.74, 6) is 0. The predicted octanol–water partition coefficient (Wildman–Crippen LogP) is 2.50. The maximum atomic E-state index is 11.5. The van der Waals surface area contributed by atoms with Crippen molar-refractivity contribution in [3.05, 3.63) is 29.8 Å². The molecular weight excluding hydrogens is 336 g/mol. The van der Waals surface area contributed by atoms with E-state index in [9.17, 15) is 25.9 Å². The average molecular weight is 346 g/mol. The van der Waals surface area contributed by atoms with Gasteiger partial charge in [-0.3, -0.25) is 9.11 Å². The summed E-state index contributed by atoms with van der Waals surface area (Å²) in [6.45, 7) is 1.85. The molecule has 0 aromatic heterocycles. The van der Waals surface area contributed by atoms with Crippen molar-refractivity contribution in [1.29, 1.82) is 0 Å². The average Bonchev–Trinajstić information content (AvgIpc) is 2.66. The van der Waals surface area contributed by atoms with Gasteiger partial charge in [-0.1, -0.05) is 18.2 Å². The SMILES string of the molecule is CC1Sc2c(S(=O)(=O)O)cc(S(=O)(=O)O)c3cccc1c23. The van der Waals surface area contributed by atoms with Crippen LogP contribution in [0.4, 0.5) is 0 Å². The third-order valence-corrected chi connectivity index (χ3v) is 6.53. The van der Waals surface area contributed by atoms with Gasteiger partial charge >= 0.3 is 0 Å². The Kier molecular flexibility index (Phi) is 3.12. The maximum Gasteiger partial charge on any atom is 0.295 e. The van der Waals surface area contributed by atoms with Gasteiger partial charge in [0.15, 0.2) is 0 Å². The van der Waals surface area contributed by atoms with Gasteiger partial charge in [0, 0.05) is 20.9 Å². The molecule has 1 aliphatic rings. The van der Waals surface area contributed by atoms with Crippen molar-refractivity contribution in [3.8, 4) is 0 Å². The van der Waals surface area contributed by atoms with E-state index in [1.807, 2.05) is 6.92 Å². The molecule has 0 bridgehead atoms. The molecule has 1 heterocycles. The third-order valence-electron chi connectivity index (χ3n) is 3.36. The zero-order valence-electron chi connectivity index (χ0n) is 10.6. The first-order valence-electron chi connectivity index (χ1n) is 5.82. The second-order valence-corrected chi connectivity index (χ2v) is 8.81. The number of hydrogen-bond acceptors (Lipinski definition) is 5. The third kappa shape index (κ3) is 2.25. The summed E-state index contributed by atoms with van der Waals surface area (Å²) in [5, 5.41) is 0.604. The molecule has 6 nitrogen and oxygen atoms in total. The van der Waals surface area contributed by atoms with Crippen LogP contribution in [-0.2, 0) is 20.2 Å². The second kappa shape index (κ2) is 4.43. The monoisotopic (exact) mass is 346 g/mol. The molecule has 0 spiro atoms. The summed E-state index contributed by atoms with van der Waals surface area (Å²) in [6, 6.07) is 5.71. The fourth-order valence-electron chi connectivity index (χ4n) is 2.52. The molecule has 2 N–H and O–H groups in total. The minimum atomic E-state index is -4.62. The number of benzene rings is 2. The molecule has 2 aromatic rings. The highest BCUT2D eigenvalue weighted by atomic mass is 32.2. The fourth-order valence-corrected chi connectivity index (χ4v) is 5.57. The lowest BCUT2D eigenvalue weighted by atomic mass is 10.0. The van der Waals surface area contributed by atoms with E-state index < -0.39 is 30.0 Å². The van der Waals surface area contributed by atoms with Crippen LogP contribution in [0.2, 0.25) is 0 Å². The van der Waals surface area contributed by atoms with E-state index in [-0.39, 0.29) is 10.6 Å². The molecule has 112 valence electrons. The van der Waals surface area contributed by atoms with E-state index in [0.717, 1.165) is 11.6 Å². The zero-order chi connectivity index (χ0) is 15.6. The number of rotatable bonds is 2. The Balaban J connectivity index is 2.61. The molecule has 0 aliphatic carbocycles. The van der Waals surface area contributed by atoms with Gasteiger partial charge in [-0.15, -0.1) is 11.8 Å². The molecule has 0 amide bonds. The zero-order valence-corrected chi connectivity index (χ0v) is 13.1. The molecule has 21 heavy (non-hydrogen) atoms. The van der Waals surface area contributed by atoms with E-state index in [1.165, 1.54) is 17.8 Å². The first kappa shape index (κ1) is 14.8. The van der Waals surface area contributed by atoms with Crippen molar-refractivity contribution in [2.45, 2.75) is 26.9 Å². The smallest absolute Gasteiger partial charge is 0.282 e. The standard InChI is InChI=1S/C12H10O6S3/c1-6-7-3-2-4-8-9(20(13,14)15)5-10(21(16,17)18)12(19-6)11(7)8/h2-6H,1H3,(H,13,14,15)(H,16,17,18). The molecule has 0 radical (unpaired) electrons. The second-order valence-electron chi connectivity index (χ2n) is 4.68. The van der Waals surface area contributed by atoms with Crippen LogP contribution in [0.1, 0.15) is 17.7 Å². The Morgan fingerprint density at radius 3 is 2.24 bits per heavy atom. The van der Waals surface area contributed by atoms with Crippen LogP contribution in [0.5, 0.6) is 0 Å². The van der Waals surface area contributed by atoms with Crippen molar-refractivity contribution >= 4 is 42.8 Å². The Hall–Kier alpha value is -1.13. The van der Waals surface area contributed by atoms with Crippen LogP contribution in [0, 0.1) is 0 Å². The molecule has 0 saturated heterocycles. The van der Waals surface area contributed by atoms with Crippen molar-refractivity contribution in [1.82, 2.24) is 0 Å². The molecule has 0 saturated carbocycles. The first-order valence-corrected chi connectivity index (χ1v) is 9.58. The van der Waals surface area contributed by atoms with Gasteiger partial charge in [-0.25, -0.2) is 0 Å². The van der Waals surface area contributed by atoms with E-state index >= 15 is 0 Å². The summed E-state index contributed by atoms with van der Waals surface area (Å²) in [7, 11) is -9.23. The summed E-state index contributed by atoms with van der Waals surface area (Å²) >= 11 is 1.23. The molecule has 0 fully saturated rings. The Morgan fingerprint density at radius 1 is 1.05 bits per heavy atom. The summed E-state index contributed by atoms with van der Waals surface area (Å²) in [5.41, 5.74) is 0.767. The lowest BCUT2D eigenvalue weighted by Crippen LogP contribution is -2.05. The van der Waals surface area contributed by atoms with E-state index in [1.54, 1.807) is 12.1 Å². The lowest BCUT2D eigenvalue weighted by Gasteiger charge is -2.09. The molecule has 1 aliphatic heterocycles. The van der Waals surface area contributed by atoms with Crippen LogP contribution >= 0.6 is 11.8 Å². The highest BCUT2D eigenvalue weighted by molar-refractivity contribution is 8.00. The van der Waals surface area contributed by atoms with Crippen molar-refractivity contribution in [3.63, 3.8) is 0 Å². The topological polar surface area (TPSA) is 109 Å². The molecule has 1 atom stereocenters. The summed E-state index contributed by atoms with van der Waals surface area (Å²) < 4.78 is 64.8. The summed E-state index contributed by atoms with van der Waals surface area (Å²) in [4.78, 5) is -0.710. The molecule has 9 heteroatoms. The van der Waals surface area contributed by atoms with Gasteiger partial charge in [0.2, 0.25) is 0 Å². The molecule has 2 aromatic carbocycles. The van der Waals surface area contributed by atoms with Crippen LogP contribution in [-0.4, -0.2) is 25.9 Å². The molecule has 1 unspecified atom stereocenters. The number of hydrogen-bond donors (Lipinski definition) is 2. The Morgan fingerprint density at radius 2 is 1.67 bits per heavy atom. The molecule has 3 rings (SSSR count). The Labute approximate surface area is 125 Å². The minimum Gasteiger partial charge on any atom is -0.282 e. The van der Waals surface area contributed by atoms with Gasteiger partial charge in [0.25, 0.3) is 20.2 Å². The van der Waals surface area contributed by atoms with Crippen molar-refractivity contribution < 1.29 is 25.9 Å². The molecular formula is C12H10O6S3. The largest absolute Gasteiger partial charge is 0.295 e. The minimum absolute atomic E-state index is 0.0825. The highest BCUT2D eigenvalue weighted by Gasteiger charge is 2.32. The van der Waals surface area contributed by atoms with E-state index in [2.05, 4.69) is 0 Å². The van der Waals surface area contributed by atoms with Crippen LogP contribution in [0.15, 0.2) is 39.0 Å². The summed E-state index contributed by atoms with van der Waals surface area (Å²) in [6.07, 6.45) is 0. The first-order chi connectivity index (χ1) is 9.60. The number of thioether (sulfide) groups is 1. The van der Waals surface area contributed by atoms with Crippen LogP contribution in [0.3, 0.4) is 0 Å². The van der Waals surface area contributed by atoms with Crippen LogP contribution < -0.4 is 0 Å². The van der Waals surface area contributed by atoms with Crippen LogP contribution in [0.25, 0.3) is 10.8 Å². The maximum absolute atomic E-state index is 11.5.